The standard InChI is InChI=1S/C22H28O10/c1-11-8-7-9-17(12(11)2)31-22-21(30-16(6)26)20(29-15(5)25)19(28-14(4)24)18(32-22)10-27-13(3)23/h7-9,18-22H,10H2,1-6H3/t18-,19-,20+,21-,22+/m0/s1. The third kappa shape index (κ3) is 6.68. The Morgan fingerprint density at radius 3 is 1.94 bits per heavy atom. The lowest BCUT2D eigenvalue weighted by Crippen LogP contribution is -2.63. The van der Waals surface area contributed by atoms with Gasteiger partial charge in [-0.1, -0.05) is 12.1 Å². The van der Waals surface area contributed by atoms with Crippen molar-refractivity contribution in [3.8, 4) is 5.75 Å². The molecule has 0 N–H and O–H groups in total. The summed E-state index contributed by atoms with van der Waals surface area (Å²) in [5.74, 6) is -2.23. The maximum absolute atomic E-state index is 11.8. The maximum atomic E-state index is 11.8. The van der Waals surface area contributed by atoms with Crippen LogP contribution in [-0.4, -0.2) is 61.2 Å². The van der Waals surface area contributed by atoms with Crippen LogP contribution in [0.25, 0.3) is 0 Å². The van der Waals surface area contributed by atoms with Crippen molar-refractivity contribution in [2.75, 3.05) is 6.61 Å². The molecule has 10 heteroatoms. The molecule has 0 spiro atoms. The van der Waals surface area contributed by atoms with Crippen LogP contribution in [0.2, 0.25) is 0 Å². The molecule has 0 amide bonds. The Bertz CT molecular complexity index is 864. The van der Waals surface area contributed by atoms with Crippen LogP contribution in [0.3, 0.4) is 0 Å². The molecule has 32 heavy (non-hydrogen) atoms. The number of esters is 4. The van der Waals surface area contributed by atoms with Crippen LogP contribution in [-0.2, 0) is 42.9 Å². The van der Waals surface area contributed by atoms with E-state index in [1.807, 2.05) is 19.9 Å². The van der Waals surface area contributed by atoms with Gasteiger partial charge >= 0.3 is 23.9 Å². The molecule has 0 unspecified atom stereocenters. The highest BCUT2D eigenvalue weighted by Gasteiger charge is 2.53. The van der Waals surface area contributed by atoms with Crippen LogP contribution >= 0.6 is 0 Å². The minimum absolute atomic E-state index is 0.315. The number of benzene rings is 1. The highest BCUT2D eigenvalue weighted by atomic mass is 16.7. The van der Waals surface area contributed by atoms with Crippen LogP contribution in [0.4, 0.5) is 0 Å². The van der Waals surface area contributed by atoms with Gasteiger partial charge in [0.2, 0.25) is 12.4 Å². The van der Waals surface area contributed by atoms with E-state index in [0.717, 1.165) is 25.0 Å². The fourth-order valence-electron chi connectivity index (χ4n) is 3.26. The molecule has 1 aromatic carbocycles. The fraction of sp³-hybridized carbons (Fsp3) is 0.545. The molecule has 1 fully saturated rings. The Kier molecular flexibility index (Phi) is 8.59. The number of ether oxygens (including phenoxy) is 6. The number of carbonyl (C=O) groups is 4. The van der Waals surface area contributed by atoms with E-state index in [0.29, 0.717) is 5.75 Å². The molecule has 0 saturated carbocycles. The first-order valence-electron chi connectivity index (χ1n) is 10.0. The van der Waals surface area contributed by atoms with E-state index in [2.05, 4.69) is 0 Å². The second-order valence-electron chi connectivity index (χ2n) is 7.38. The topological polar surface area (TPSA) is 124 Å². The zero-order valence-corrected chi connectivity index (χ0v) is 18.9. The summed E-state index contributed by atoms with van der Waals surface area (Å²) in [6.07, 6.45) is -6.08. The Balaban J connectivity index is 2.49. The number of rotatable bonds is 7. The van der Waals surface area contributed by atoms with Gasteiger partial charge in [-0.2, -0.15) is 0 Å². The quantitative estimate of drug-likeness (QED) is 0.446. The summed E-state index contributed by atoms with van der Waals surface area (Å²) in [7, 11) is 0. The van der Waals surface area contributed by atoms with Gasteiger partial charge in [0.15, 0.2) is 12.2 Å². The average molecular weight is 452 g/mol. The van der Waals surface area contributed by atoms with Crippen molar-refractivity contribution in [1.29, 1.82) is 0 Å². The summed E-state index contributed by atoms with van der Waals surface area (Å²) in [4.78, 5) is 46.8. The van der Waals surface area contributed by atoms with Gasteiger partial charge in [-0.3, -0.25) is 19.2 Å². The van der Waals surface area contributed by atoms with E-state index in [1.165, 1.54) is 13.8 Å². The number of carbonyl (C=O) groups excluding carboxylic acids is 4. The van der Waals surface area contributed by atoms with E-state index in [1.54, 1.807) is 12.1 Å². The molecule has 1 heterocycles. The molecule has 5 atom stereocenters. The summed E-state index contributed by atoms with van der Waals surface area (Å²) in [6, 6.07) is 5.38. The Labute approximate surface area is 186 Å². The normalized spacial score (nSPS) is 24.8. The average Bonchev–Trinajstić information content (AvgIpc) is 2.67. The Hall–Kier alpha value is -3.14. The molecule has 10 nitrogen and oxygen atoms in total. The molecule has 0 aromatic heterocycles. The largest absolute Gasteiger partial charge is 0.463 e. The van der Waals surface area contributed by atoms with Crippen molar-refractivity contribution < 1.29 is 47.6 Å². The summed E-state index contributed by atoms with van der Waals surface area (Å²) in [6.45, 7) is 8.13. The molecular weight excluding hydrogens is 424 g/mol. The molecule has 176 valence electrons. The predicted molar refractivity (Wildman–Crippen MR) is 109 cm³/mol. The van der Waals surface area contributed by atoms with Gasteiger partial charge in [0.25, 0.3) is 0 Å². The SMILES string of the molecule is CC(=O)OC[C@@H]1O[C@@H](Oc2cccc(C)c2C)[C@@H](OC(C)=O)[C@H](OC(C)=O)[C@H]1OC(C)=O. The monoisotopic (exact) mass is 452 g/mol. The molecule has 0 aliphatic carbocycles. The lowest BCUT2D eigenvalue weighted by atomic mass is 9.98. The van der Waals surface area contributed by atoms with Crippen molar-refractivity contribution in [3.05, 3.63) is 29.3 Å². The van der Waals surface area contributed by atoms with E-state index in [-0.39, 0.29) is 6.61 Å². The molecule has 0 bridgehead atoms. The van der Waals surface area contributed by atoms with E-state index in [4.69, 9.17) is 28.4 Å². The molecule has 1 aromatic rings. The van der Waals surface area contributed by atoms with Gasteiger partial charge in [-0.15, -0.1) is 0 Å². The minimum atomic E-state index is -1.27. The van der Waals surface area contributed by atoms with Crippen molar-refractivity contribution >= 4 is 23.9 Å². The highest BCUT2D eigenvalue weighted by Crippen LogP contribution is 2.32. The van der Waals surface area contributed by atoms with Crippen LogP contribution in [0, 0.1) is 13.8 Å². The summed E-state index contributed by atoms with van der Waals surface area (Å²) >= 11 is 0. The maximum Gasteiger partial charge on any atom is 0.303 e. The van der Waals surface area contributed by atoms with Gasteiger partial charge < -0.3 is 28.4 Å². The Morgan fingerprint density at radius 1 is 0.812 bits per heavy atom. The molecule has 1 aliphatic rings. The third-order valence-corrected chi connectivity index (χ3v) is 4.75. The number of hydrogen-bond acceptors (Lipinski definition) is 10. The first kappa shape index (κ1) is 25.1. The van der Waals surface area contributed by atoms with Gasteiger partial charge in [-0.05, 0) is 31.0 Å². The second-order valence-corrected chi connectivity index (χ2v) is 7.38. The van der Waals surface area contributed by atoms with Crippen molar-refractivity contribution in [2.45, 2.75) is 72.2 Å². The van der Waals surface area contributed by atoms with Gasteiger partial charge in [0.1, 0.15) is 18.5 Å². The second kappa shape index (κ2) is 10.9. The van der Waals surface area contributed by atoms with Gasteiger partial charge in [-0.25, -0.2) is 0 Å². The van der Waals surface area contributed by atoms with Crippen LogP contribution < -0.4 is 4.74 Å². The first-order chi connectivity index (χ1) is 15.0. The molecule has 0 radical (unpaired) electrons. The number of hydrogen-bond donors (Lipinski definition) is 0. The van der Waals surface area contributed by atoms with E-state index in [9.17, 15) is 19.2 Å². The van der Waals surface area contributed by atoms with E-state index < -0.39 is 54.6 Å². The first-order valence-corrected chi connectivity index (χ1v) is 10.0. The zero-order valence-electron chi connectivity index (χ0n) is 18.9. The van der Waals surface area contributed by atoms with Crippen molar-refractivity contribution in [2.24, 2.45) is 0 Å². The van der Waals surface area contributed by atoms with Crippen LogP contribution in [0.5, 0.6) is 5.75 Å². The lowest BCUT2D eigenvalue weighted by Gasteiger charge is -2.44. The third-order valence-electron chi connectivity index (χ3n) is 4.75. The summed E-state index contributed by atoms with van der Waals surface area (Å²) < 4.78 is 33.1. The summed E-state index contributed by atoms with van der Waals surface area (Å²) in [5, 5.41) is 0. The molecule has 1 aliphatic heterocycles. The Morgan fingerprint density at radius 2 is 1.38 bits per heavy atom. The van der Waals surface area contributed by atoms with Crippen LogP contribution in [0.15, 0.2) is 18.2 Å². The zero-order chi connectivity index (χ0) is 24.0. The van der Waals surface area contributed by atoms with Crippen molar-refractivity contribution in [1.82, 2.24) is 0 Å². The number of aryl methyl sites for hydroxylation is 1. The van der Waals surface area contributed by atoms with Gasteiger partial charge in [0.05, 0.1) is 0 Å². The fourth-order valence-corrected chi connectivity index (χ4v) is 3.26. The molecule has 2 rings (SSSR count). The predicted octanol–water partition coefficient (Wildman–Crippen LogP) is 1.77. The summed E-state index contributed by atoms with van der Waals surface area (Å²) in [5.41, 5.74) is 1.77. The van der Waals surface area contributed by atoms with E-state index >= 15 is 0 Å². The van der Waals surface area contributed by atoms with Crippen molar-refractivity contribution in [3.63, 3.8) is 0 Å². The lowest BCUT2D eigenvalue weighted by molar-refractivity contribution is -0.288. The molecular formula is C22H28O10. The smallest absolute Gasteiger partial charge is 0.303 e. The molecule has 1 saturated heterocycles. The van der Waals surface area contributed by atoms with Crippen LogP contribution in [0.1, 0.15) is 38.8 Å². The minimum Gasteiger partial charge on any atom is -0.463 e. The van der Waals surface area contributed by atoms with Gasteiger partial charge in [0, 0.05) is 27.7 Å². The highest BCUT2D eigenvalue weighted by molar-refractivity contribution is 5.68.